The number of ether oxygens (including phenoxy) is 1. The van der Waals surface area contributed by atoms with E-state index in [1.165, 1.54) is 16.7 Å². The summed E-state index contributed by atoms with van der Waals surface area (Å²) in [6, 6.07) is 4.03. The van der Waals surface area contributed by atoms with Crippen LogP contribution in [0.25, 0.3) is 0 Å². The standard InChI is InChI=1S/C15H18ClN3O/c1-10-7-18-19(8-10)9-13-15-11(5-6-17-13)12(16)3-4-14(15)20-2/h3-4,7-8,13,17H,5-6,9H2,1-2H3. The zero-order chi connectivity index (χ0) is 14.1. The maximum absolute atomic E-state index is 6.34. The number of nitrogens with zero attached hydrogens (tertiary/aromatic N) is 2. The van der Waals surface area contributed by atoms with Crippen molar-refractivity contribution in [2.45, 2.75) is 25.9 Å². The Bertz CT molecular complexity index is 624. The highest BCUT2D eigenvalue weighted by Gasteiger charge is 2.26. The number of hydrogen-bond acceptors (Lipinski definition) is 3. The zero-order valence-electron chi connectivity index (χ0n) is 11.7. The van der Waals surface area contributed by atoms with Crippen LogP contribution in [0.15, 0.2) is 24.5 Å². The molecule has 1 aliphatic heterocycles. The van der Waals surface area contributed by atoms with Crippen LogP contribution >= 0.6 is 11.6 Å². The molecule has 1 aliphatic rings. The minimum Gasteiger partial charge on any atom is -0.496 e. The van der Waals surface area contributed by atoms with E-state index in [1.807, 2.05) is 36.1 Å². The molecule has 2 heterocycles. The van der Waals surface area contributed by atoms with Crippen LogP contribution in [0.4, 0.5) is 0 Å². The Labute approximate surface area is 123 Å². The first kappa shape index (κ1) is 13.5. The molecule has 1 aromatic carbocycles. The van der Waals surface area contributed by atoms with Crippen molar-refractivity contribution in [2.24, 2.45) is 0 Å². The fourth-order valence-electron chi connectivity index (χ4n) is 2.81. The molecule has 0 bridgehead atoms. The molecule has 20 heavy (non-hydrogen) atoms. The van der Waals surface area contributed by atoms with Crippen LogP contribution in [0.2, 0.25) is 5.02 Å². The molecule has 1 atom stereocenters. The second-order valence-corrected chi connectivity index (χ2v) is 5.55. The highest BCUT2D eigenvalue weighted by molar-refractivity contribution is 6.31. The van der Waals surface area contributed by atoms with Crippen molar-refractivity contribution in [1.82, 2.24) is 15.1 Å². The van der Waals surface area contributed by atoms with Crippen LogP contribution in [0, 0.1) is 6.92 Å². The lowest BCUT2D eigenvalue weighted by Crippen LogP contribution is -2.33. The lowest BCUT2D eigenvalue weighted by molar-refractivity contribution is 0.373. The topological polar surface area (TPSA) is 39.1 Å². The first-order valence-corrected chi connectivity index (χ1v) is 7.14. The average molecular weight is 292 g/mol. The van der Waals surface area contributed by atoms with E-state index < -0.39 is 0 Å². The van der Waals surface area contributed by atoms with Crippen LogP contribution in [-0.4, -0.2) is 23.4 Å². The summed E-state index contributed by atoms with van der Waals surface area (Å²) in [5.74, 6) is 0.894. The molecule has 0 saturated heterocycles. The van der Waals surface area contributed by atoms with Gasteiger partial charge in [-0.1, -0.05) is 11.6 Å². The lowest BCUT2D eigenvalue weighted by atomic mass is 9.93. The predicted molar refractivity (Wildman–Crippen MR) is 79.4 cm³/mol. The van der Waals surface area contributed by atoms with Crippen molar-refractivity contribution in [1.29, 1.82) is 0 Å². The predicted octanol–water partition coefficient (Wildman–Crippen LogP) is 2.74. The molecule has 0 amide bonds. The van der Waals surface area contributed by atoms with E-state index in [0.717, 1.165) is 30.3 Å². The number of aryl methyl sites for hydroxylation is 1. The SMILES string of the molecule is COc1ccc(Cl)c2c1C(Cn1cc(C)cn1)NCC2. The van der Waals surface area contributed by atoms with Gasteiger partial charge in [-0.15, -0.1) is 0 Å². The van der Waals surface area contributed by atoms with Gasteiger partial charge in [0.25, 0.3) is 0 Å². The summed E-state index contributed by atoms with van der Waals surface area (Å²) in [6.07, 6.45) is 4.85. The smallest absolute Gasteiger partial charge is 0.124 e. The molecule has 1 unspecified atom stereocenters. The van der Waals surface area contributed by atoms with Gasteiger partial charge in [0, 0.05) is 16.8 Å². The summed E-state index contributed by atoms with van der Waals surface area (Å²) >= 11 is 6.34. The van der Waals surface area contributed by atoms with Crippen molar-refractivity contribution in [2.75, 3.05) is 13.7 Å². The molecule has 5 heteroatoms. The number of methoxy groups -OCH3 is 1. The Kier molecular flexibility index (Phi) is 3.68. The van der Waals surface area contributed by atoms with E-state index in [-0.39, 0.29) is 6.04 Å². The zero-order valence-corrected chi connectivity index (χ0v) is 12.4. The van der Waals surface area contributed by atoms with Crippen molar-refractivity contribution in [3.63, 3.8) is 0 Å². The molecule has 106 valence electrons. The third-order valence-electron chi connectivity index (χ3n) is 3.73. The number of halogens is 1. The van der Waals surface area contributed by atoms with Gasteiger partial charge in [0.15, 0.2) is 0 Å². The molecule has 1 aromatic heterocycles. The van der Waals surface area contributed by atoms with E-state index in [2.05, 4.69) is 10.4 Å². The van der Waals surface area contributed by atoms with Crippen molar-refractivity contribution in [3.8, 4) is 5.75 Å². The Balaban J connectivity index is 1.98. The van der Waals surface area contributed by atoms with Crippen LogP contribution in [0.1, 0.15) is 22.7 Å². The molecular weight excluding hydrogens is 274 g/mol. The van der Waals surface area contributed by atoms with E-state index in [4.69, 9.17) is 16.3 Å². The van der Waals surface area contributed by atoms with Crippen molar-refractivity contribution < 1.29 is 4.74 Å². The third-order valence-corrected chi connectivity index (χ3v) is 4.08. The number of benzene rings is 1. The number of hydrogen-bond donors (Lipinski definition) is 1. The highest BCUT2D eigenvalue weighted by atomic mass is 35.5. The largest absolute Gasteiger partial charge is 0.496 e. The monoisotopic (exact) mass is 291 g/mol. The highest BCUT2D eigenvalue weighted by Crippen LogP contribution is 2.36. The summed E-state index contributed by atoms with van der Waals surface area (Å²) in [6.45, 7) is 3.74. The first-order valence-electron chi connectivity index (χ1n) is 6.76. The molecule has 4 nitrogen and oxygen atoms in total. The van der Waals surface area contributed by atoms with Crippen LogP contribution in [0.3, 0.4) is 0 Å². The fourth-order valence-corrected chi connectivity index (χ4v) is 3.07. The van der Waals surface area contributed by atoms with Gasteiger partial charge in [-0.3, -0.25) is 4.68 Å². The van der Waals surface area contributed by atoms with E-state index in [9.17, 15) is 0 Å². The van der Waals surface area contributed by atoms with Gasteiger partial charge in [-0.25, -0.2) is 0 Å². The average Bonchev–Trinajstić information content (AvgIpc) is 2.85. The summed E-state index contributed by atoms with van der Waals surface area (Å²) in [4.78, 5) is 0. The maximum Gasteiger partial charge on any atom is 0.124 e. The Hall–Kier alpha value is -1.52. The van der Waals surface area contributed by atoms with Crippen LogP contribution in [-0.2, 0) is 13.0 Å². The van der Waals surface area contributed by atoms with Gasteiger partial charge < -0.3 is 10.1 Å². The molecular formula is C15H18ClN3O. The van der Waals surface area contributed by atoms with Gasteiger partial charge in [-0.05, 0) is 43.1 Å². The quantitative estimate of drug-likeness (QED) is 0.945. The second-order valence-electron chi connectivity index (χ2n) is 5.14. The van der Waals surface area contributed by atoms with E-state index in [0.29, 0.717) is 0 Å². The van der Waals surface area contributed by atoms with E-state index in [1.54, 1.807) is 7.11 Å². The fraction of sp³-hybridized carbons (Fsp3) is 0.400. The first-order chi connectivity index (χ1) is 9.69. The second kappa shape index (κ2) is 5.46. The third kappa shape index (κ3) is 2.41. The summed E-state index contributed by atoms with van der Waals surface area (Å²) in [7, 11) is 1.70. The minimum atomic E-state index is 0.173. The lowest BCUT2D eigenvalue weighted by Gasteiger charge is -2.29. The van der Waals surface area contributed by atoms with Crippen LogP contribution in [0.5, 0.6) is 5.75 Å². The number of rotatable bonds is 3. The molecule has 0 spiro atoms. The molecule has 2 aromatic rings. The van der Waals surface area contributed by atoms with Gasteiger partial charge in [-0.2, -0.15) is 5.10 Å². The molecule has 0 aliphatic carbocycles. The van der Waals surface area contributed by atoms with Gasteiger partial charge in [0.05, 0.1) is 25.9 Å². The van der Waals surface area contributed by atoms with Crippen LogP contribution < -0.4 is 10.1 Å². The summed E-state index contributed by atoms with van der Waals surface area (Å²) < 4.78 is 7.47. The van der Waals surface area contributed by atoms with Crippen molar-refractivity contribution >= 4 is 11.6 Å². The Morgan fingerprint density at radius 3 is 3.05 bits per heavy atom. The maximum atomic E-state index is 6.34. The molecule has 1 N–H and O–H groups in total. The van der Waals surface area contributed by atoms with Crippen molar-refractivity contribution in [3.05, 3.63) is 46.2 Å². The minimum absolute atomic E-state index is 0.173. The number of fused-ring (bicyclic) bond motifs is 1. The summed E-state index contributed by atoms with van der Waals surface area (Å²) in [5.41, 5.74) is 3.53. The number of nitrogens with one attached hydrogen (secondary N) is 1. The Morgan fingerprint density at radius 2 is 2.35 bits per heavy atom. The number of aromatic nitrogens is 2. The molecule has 3 rings (SSSR count). The molecule has 0 fully saturated rings. The Morgan fingerprint density at radius 1 is 1.50 bits per heavy atom. The van der Waals surface area contributed by atoms with Gasteiger partial charge in [0.1, 0.15) is 5.75 Å². The summed E-state index contributed by atoms with van der Waals surface area (Å²) in [5, 5.41) is 8.72. The molecule has 0 saturated carbocycles. The van der Waals surface area contributed by atoms with Gasteiger partial charge >= 0.3 is 0 Å². The normalized spacial score (nSPS) is 17.9. The van der Waals surface area contributed by atoms with Gasteiger partial charge in [0.2, 0.25) is 0 Å². The molecule has 0 radical (unpaired) electrons. The van der Waals surface area contributed by atoms with E-state index >= 15 is 0 Å².